The van der Waals surface area contributed by atoms with Gasteiger partial charge in [-0.25, -0.2) is 4.79 Å². The molecule has 0 unspecified atom stereocenters. The summed E-state index contributed by atoms with van der Waals surface area (Å²) in [6, 6.07) is 0. The van der Waals surface area contributed by atoms with Gasteiger partial charge in [0, 0.05) is 5.56 Å². The van der Waals surface area contributed by atoms with E-state index in [-0.39, 0.29) is 5.97 Å². The van der Waals surface area contributed by atoms with Crippen LogP contribution in [0.3, 0.4) is 0 Å². The van der Waals surface area contributed by atoms with Crippen LogP contribution in [0, 0.1) is 20.8 Å². The third-order valence-corrected chi connectivity index (χ3v) is 2.20. The zero-order valence-corrected chi connectivity index (χ0v) is 9.14. The zero-order chi connectivity index (χ0) is 10.7. The van der Waals surface area contributed by atoms with Crippen LogP contribution in [0.25, 0.3) is 0 Å². The van der Waals surface area contributed by atoms with Crippen LogP contribution >= 0.6 is 0 Å². The number of hydrogen-bond acceptors (Lipinski definition) is 3. The Morgan fingerprint density at radius 1 is 1.29 bits per heavy atom. The Labute approximate surface area is 84.1 Å². The van der Waals surface area contributed by atoms with Crippen LogP contribution in [0.1, 0.15) is 40.8 Å². The van der Waals surface area contributed by atoms with Crippen molar-refractivity contribution in [1.29, 1.82) is 0 Å². The van der Waals surface area contributed by atoms with E-state index in [4.69, 9.17) is 9.15 Å². The molecule has 0 aliphatic heterocycles. The van der Waals surface area contributed by atoms with Gasteiger partial charge in [0.25, 0.3) is 0 Å². The van der Waals surface area contributed by atoms with E-state index in [1.807, 2.05) is 20.8 Å². The monoisotopic (exact) mass is 196 g/mol. The maximum atomic E-state index is 11.6. The van der Waals surface area contributed by atoms with E-state index < -0.39 is 0 Å². The topological polar surface area (TPSA) is 39.4 Å². The molecule has 3 nitrogen and oxygen atoms in total. The van der Waals surface area contributed by atoms with Gasteiger partial charge in [-0.05, 0) is 27.2 Å². The van der Waals surface area contributed by atoms with Crippen molar-refractivity contribution in [3.05, 3.63) is 22.6 Å². The number of ether oxygens (including phenoxy) is 1. The highest BCUT2D eigenvalue weighted by molar-refractivity contribution is 5.92. The molecule has 0 bridgehead atoms. The minimum absolute atomic E-state index is 0.279. The lowest BCUT2D eigenvalue weighted by Gasteiger charge is -2.02. The highest BCUT2D eigenvalue weighted by Crippen LogP contribution is 2.21. The molecule has 3 heteroatoms. The third-order valence-electron chi connectivity index (χ3n) is 2.20. The molecule has 0 radical (unpaired) electrons. The fraction of sp³-hybridized carbons (Fsp3) is 0.545. The fourth-order valence-corrected chi connectivity index (χ4v) is 1.36. The molecular weight excluding hydrogens is 180 g/mol. The predicted octanol–water partition coefficient (Wildman–Crippen LogP) is 2.77. The first-order valence-electron chi connectivity index (χ1n) is 4.81. The van der Waals surface area contributed by atoms with Crippen molar-refractivity contribution in [2.75, 3.05) is 6.61 Å². The van der Waals surface area contributed by atoms with Gasteiger partial charge in [-0.1, -0.05) is 6.92 Å². The summed E-state index contributed by atoms with van der Waals surface area (Å²) in [7, 11) is 0. The van der Waals surface area contributed by atoms with Crippen LogP contribution in [0.15, 0.2) is 4.42 Å². The summed E-state index contributed by atoms with van der Waals surface area (Å²) >= 11 is 0. The lowest BCUT2D eigenvalue weighted by Crippen LogP contribution is -2.07. The molecule has 0 aromatic carbocycles. The van der Waals surface area contributed by atoms with Crippen molar-refractivity contribution in [2.24, 2.45) is 0 Å². The summed E-state index contributed by atoms with van der Waals surface area (Å²) in [6.45, 7) is 7.92. The van der Waals surface area contributed by atoms with Crippen LogP contribution in [0.2, 0.25) is 0 Å². The Hall–Kier alpha value is -1.25. The molecule has 0 amide bonds. The Morgan fingerprint density at radius 2 is 1.93 bits per heavy atom. The standard InChI is InChI=1S/C11H16O3/c1-5-6-13-11(12)10-7(2)8(3)14-9(10)4/h5-6H2,1-4H3. The maximum Gasteiger partial charge on any atom is 0.341 e. The molecule has 0 atom stereocenters. The summed E-state index contributed by atoms with van der Waals surface area (Å²) < 4.78 is 10.4. The van der Waals surface area contributed by atoms with Crippen LogP contribution < -0.4 is 0 Å². The second kappa shape index (κ2) is 4.31. The minimum Gasteiger partial charge on any atom is -0.465 e. The summed E-state index contributed by atoms with van der Waals surface area (Å²) in [5.74, 6) is 1.14. The van der Waals surface area contributed by atoms with Crippen LogP contribution in [-0.4, -0.2) is 12.6 Å². The Morgan fingerprint density at radius 3 is 2.36 bits per heavy atom. The van der Waals surface area contributed by atoms with Crippen molar-refractivity contribution in [2.45, 2.75) is 34.1 Å². The number of rotatable bonds is 3. The molecule has 1 heterocycles. The summed E-state index contributed by atoms with van der Waals surface area (Å²) in [5.41, 5.74) is 1.46. The van der Waals surface area contributed by atoms with Crippen LogP contribution in [0.5, 0.6) is 0 Å². The van der Waals surface area contributed by atoms with E-state index in [0.717, 1.165) is 17.7 Å². The second-order valence-electron chi connectivity index (χ2n) is 3.35. The van der Waals surface area contributed by atoms with Gasteiger partial charge < -0.3 is 9.15 Å². The van der Waals surface area contributed by atoms with Gasteiger partial charge in [0.15, 0.2) is 0 Å². The summed E-state index contributed by atoms with van der Waals surface area (Å²) in [4.78, 5) is 11.6. The molecular formula is C11H16O3. The lowest BCUT2D eigenvalue weighted by atomic mass is 10.1. The van der Waals surface area contributed by atoms with Crippen molar-refractivity contribution in [3.63, 3.8) is 0 Å². The van der Waals surface area contributed by atoms with Gasteiger partial charge in [-0.15, -0.1) is 0 Å². The molecule has 0 aliphatic carbocycles. The van der Waals surface area contributed by atoms with Crippen LogP contribution in [0.4, 0.5) is 0 Å². The average Bonchev–Trinajstić information content (AvgIpc) is 2.38. The first-order chi connectivity index (χ1) is 6.57. The molecule has 0 aliphatic rings. The SMILES string of the molecule is CCCOC(=O)c1c(C)oc(C)c1C. The van der Waals surface area contributed by atoms with Gasteiger partial charge >= 0.3 is 5.97 Å². The van der Waals surface area contributed by atoms with Crippen molar-refractivity contribution >= 4 is 5.97 Å². The number of furan rings is 1. The fourth-order valence-electron chi connectivity index (χ4n) is 1.36. The molecule has 1 aromatic rings. The lowest BCUT2D eigenvalue weighted by molar-refractivity contribution is 0.0502. The normalized spacial score (nSPS) is 10.3. The molecule has 1 aromatic heterocycles. The first-order valence-corrected chi connectivity index (χ1v) is 4.81. The Kier molecular flexibility index (Phi) is 3.33. The van der Waals surface area contributed by atoms with Gasteiger partial charge in [-0.2, -0.15) is 0 Å². The van der Waals surface area contributed by atoms with E-state index in [1.165, 1.54) is 0 Å². The highest BCUT2D eigenvalue weighted by Gasteiger charge is 2.19. The highest BCUT2D eigenvalue weighted by atomic mass is 16.5. The molecule has 14 heavy (non-hydrogen) atoms. The Bertz CT molecular complexity index is 337. The molecule has 1 rings (SSSR count). The molecule has 0 saturated heterocycles. The van der Waals surface area contributed by atoms with E-state index in [2.05, 4.69) is 0 Å². The minimum atomic E-state index is -0.279. The first kappa shape index (κ1) is 10.8. The van der Waals surface area contributed by atoms with Gasteiger partial charge in [0.2, 0.25) is 0 Å². The van der Waals surface area contributed by atoms with Crippen LogP contribution in [-0.2, 0) is 4.74 Å². The second-order valence-corrected chi connectivity index (χ2v) is 3.35. The molecule has 78 valence electrons. The van der Waals surface area contributed by atoms with E-state index in [9.17, 15) is 4.79 Å². The molecule has 0 saturated carbocycles. The van der Waals surface area contributed by atoms with Crippen molar-refractivity contribution in [3.8, 4) is 0 Å². The predicted molar refractivity (Wildman–Crippen MR) is 53.5 cm³/mol. The van der Waals surface area contributed by atoms with E-state index in [1.54, 1.807) is 6.92 Å². The average molecular weight is 196 g/mol. The molecule has 0 fully saturated rings. The maximum absolute atomic E-state index is 11.6. The summed E-state index contributed by atoms with van der Waals surface area (Å²) in [5, 5.41) is 0. The zero-order valence-electron chi connectivity index (χ0n) is 9.14. The van der Waals surface area contributed by atoms with Gasteiger partial charge in [0.05, 0.1) is 6.61 Å². The van der Waals surface area contributed by atoms with Crippen molar-refractivity contribution in [1.82, 2.24) is 0 Å². The number of aryl methyl sites for hydroxylation is 2. The third kappa shape index (κ3) is 1.97. The summed E-state index contributed by atoms with van der Waals surface area (Å²) in [6.07, 6.45) is 0.834. The molecule has 0 N–H and O–H groups in total. The number of carbonyl (C=O) groups is 1. The van der Waals surface area contributed by atoms with E-state index >= 15 is 0 Å². The number of carbonyl (C=O) groups excluding carboxylic acids is 1. The Balaban J connectivity index is 2.89. The molecule has 0 spiro atoms. The van der Waals surface area contributed by atoms with E-state index in [0.29, 0.717) is 17.9 Å². The smallest absolute Gasteiger partial charge is 0.341 e. The largest absolute Gasteiger partial charge is 0.465 e. The number of esters is 1. The van der Waals surface area contributed by atoms with Crippen molar-refractivity contribution < 1.29 is 13.9 Å². The van der Waals surface area contributed by atoms with Gasteiger partial charge in [0.1, 0.15) is 17.1 Å². The number of hydrogen-bond donors (Lipinski definition) is 0. The quantitative estimate of drug-likeness (QED) is 0.698. The van der Waals surface area contributed by atoms with Gasteiger partial charge in [-0.3, -0.25) is 0 Å².